The molecule has 0 amide bonds. The normalized spacial score (nSPS) is 11.3. The van der Waals surface area contributed by atoms with Crippen molar-refractivity contribution in [1.29, 1.82) is 0 Å². The van der Waals surface area contributed by atoms with Crippen molar-refractivity contribution in [3.05, 3.63) is 42.0 Å². The minimum absolute atomic E-state index is 0.236. The molecule has 0 spiro atoms. The third-order valence-corrected chi connectivity index (χ3v) is 2.35. The molecule has 0 bridgehead atoms. The third kappa shape index (κ3) is 6.12. The zero-order valence-corrected chi connectivity index (χ0v) is 11.1. The molecule has 0 unspecified atom stereocenters. The van der Waals surface area contributed by atoms with E-state index in [1.165, 1.54) is 5.56 Å². The van der Waals surface area contributed by atoms with Gasteiger partial charge < -0.3 is 10.1 Å². The second-order valence-electron chi connectivity index (χ2n) is 4.35. The molecule has 0 saturated carbocycles. The molecule has 0 fully saturated rings. The molecule has 0 heterocycles. The van der Waals surface area contributed by atoms with Crippen LogP contribution in [0.15, 0.2) is 36.4 Å². The number of hydrogen-bond acceptors (Lipinski definition) is 2. The highest BCUT2D eigenvalue weighted by Crippen LogP contribution is 2.13. The maximum Gasteiger partial charge on any atom is 0.119 e. The molecule has 0 radical (unpaired) electrons. The number of benzene rings is 1. The summed E-state index contributed by atoms with van der Waals surface area (Å²) in [4.78, 5) is 0. The molecular formula is C15H23NO. The van der Waals surface area contributed by atoms with Gasteiger partial charge in [0.25, 0.3) is 0 Å². The van der Waals surface area contributed by atoms with E-state index in [0.717, 1.165) is 25.3 Å². The highest BCUT2D eigenvalue weighted by Gasteiger charge is 1.97. The second kappa shape index (κ2) is 7.91. The molecule has 2 nitrogen and oxygen atoms in total. The van der Waals surface area contributed by atoms with E-state index in [4.69, 9.17) is 4.74 Å². The van der Waals surface area contributed by atoms with Crippen LogP contribution in [0.25, 0.3) is 0 Å². The van der Waals surface area contributed by atoms with E-state index in [2.05, 4.69) is 29.6 Å². The lowest BCUT2D eigenvalue weighted by Gasteiger charge is -2.10. The molecule has 2 heteroatoms. The van der Waals surface area contributed by atoms with Gasteiger partial charge in [-0.1, -0.05) is 24.3 Å². The van der Waals surface area contributed by atoms with Crippen LogP contribution in [0.2, 0.25) is 0 Å². The maximum absolute atomic E-state index is 5.60. The Labute approximate surface area is 105 Å². The summed E-state index contributed by atoms with van der Waals surface area (Å²) in [6.45, 7) is 8.06. The van der Waals surface area contributed by atoms with Gasteiger partial charge >= 0.3 is 0 Å². The lowest BCUT2D eigenvalue weighted by atomic mass is 10.2. The van der Waals surface area contributed by atoms with Crippen molar-refractivity contribution in [3.8, 4) is 5.75 Å². The summed E-state index contributed by atoms with van der Waals surface area (Å²) in [5, 5.41) is 3.40. The van der Waals surface area contributed by atoms with Crippen molar-refractivity contribution in [2.45, 2.75) is 39.8 Å². The Hall–Kier alpha value is -1.28. The van der Waals surface area contributed by atoms with Crippen molar-refractivity contribution in [3.63, 3.8) is 0 Å². The van der Waals surface area contributed by atoms with Crippen LogP contribution in [0, 0.1) is 0 Å². The van der Waals surface area contributed by atoms with Crippen LogP contribution in [-0.4, -0.2) is 12.6 Å². The highest BCUT2D eigenvalue weighted by atomic mass is 16.5. The average molecular weight is 233 g/mol. The topological polar surface area (TPSA) is 21.3 Å². The van der Waals surface area contributed by atoms with Crippen molar-refractivity contribution in [2.75, 3.05) is 6.54 Å². The van der Waals surface area contributed by atoms with Gasteiger partial charge in [-0.2, -0.15) is 0 Å². The van der Waals surface area contributed by atoms with E-state index in [1.807, 2.05) is 32.9 Å². The third-order valence-electron chi connectivity index (χ3n) is 2.35. The Morgan fingerprint density at radius 2 is 1.94 bits per heavy atom. The second-order valence-corrected chi connectivity index (χ2v) is 4.35. The maximum atomic E-state index is 5.60. The summed E-state index contributed by atoms with van der Waals surface area (Å²) in [5.74, 6) is 0.942. The average Bonchev–Trinajstić information content (AvgIpc) is 2.30. The summed E-state index contributed by atoms with van der Waals surface area (Å²) in [7, 11) is 0. The fraction of sp³-hybridized carbons (Fsp3) is 0.467. The van der Waals surface area contributed by atoms with E-state index >= 15 is 0 Å². The molecule has 0 aromatic heterocycles. The van der Waals surface area contributed by atoms with Gasteiger partial charge in [0.1, 0.15) is 5.75 Å². The smallest absolute Gasteiger partial charge is 0.119 e. The summed E-state index contributed by atoms with van der Waals surface area (Å²) >= 11 is 0. The van der Waals surface area contributed by atoms with Gasteiger partial charge in [-0.3, -0.25) is 0 Å². The molecule has 0 saturated heterocycles. The van der Waals surface area contributed by atoms with Crippen molar-refractivity contribution in [1.82, 2.24) is 5.32 Å². The van der Waals surface area contributed by atoms with E-state index in [1.54, 1.807) is 0 Å². The molecule has 1 aromatic carbocycles. The van der Waals surface area contributed by atoms with Crippen LogP contribution >= 0.6 is 0 Å². The first-order valence-corrected chi connectivity index (χ1v) is 6.30. The van der Waals surface area contributed by atoms with Crippen LogP contribution in [0.5, 0.6) is 5.75 Å². The predicted octanol–water partition coefficient (Wildman–Crippen LogP) is 3.53. The molecule has 1 rings (SSSR count). The van der Waals surface area contributed by atoms with Crippen molar-refractivity contribution < 1.29 is 4.74 Å². The lowest BCUT2D eigenvalue weighted by Crippen LogP contribution is -2.14. The van der Waals surface area contributed by atoms with Crippen LogP contribution in [0.4, 0.5) is 0 Å². The molecular weight excluding hydrogens is 210 g/mol. The number of ether oxygens (including phenoxy) is 1. The number of nitrogens with one attached hydrogen (secondary N) is 1. The standard InChI is InChI=1S/C15H23NO/c1-4-5-6-11-16-12-14-7-9-15(10-8-14)17-13(2)3/h4-5,7-10,13,16H,6,11-12H2,1-3H3/b5-4+. The Morgan fingerprint density at radius 3 is 2.53 bits per heavy atom. The molecule has 0 atom stereocenters. The lowest BCUT2D eigenvalue weighted by molar-refractivity contribution is 0.242. The van der Waals surface area contributed by atoms with Crippen LogP contribution in [0.3, 0.4) is 0 Å². The van der Waals surface area contributed by atoms with Gasteiger partial charge in [-0.25, -0.2) is 0 Å². The number of rotatable bonds is 7. The fourth-order valence-corrected chi connectivity index (χ4v) is 1.54. The number of allylic oxidation sites excluding steroid dienone is 1. The first-order chi connectivity index (χ1) is 8.22. The fourth-order valence-electron chi connectivity index (χ4n) is 1.54. The SMILES string of the molecule is C/C=C/CCNCc1ccc(OC(C)C)cc1. The summed E-state index contributed by atoms with van der Waals surface area (Å²) in [6.07, 6.45) is 5.58. The summed E-state index contributed by atoms with van der Waals surface area (Å²) < 4.78 is 5.60. The largest absolute Gasteiger partial charge is 0.491 e. The van der Waals surface area contributed by atoms with Gasteiger partial charge in [0.15, 0.2) is 0 Å². The van der Waals surface area contributed by atoms with Crippen LogP contribution < -0.4 is 10.1 Å². The molecule has 0 aliphatic carbocycles. The van der Waals surface area contributed by atoms with E-state index < -0.39 is 0 Å². The quantitative estimate of drug-likeness (QED) is 0.574. The summed E-state index contributed by atoms with van der Waals surface area (Å²) in [5.41, 5.74) is 1.29. The minimum atomic E-state index is 0.236. The summed E-state index contributed by atoms with van der Waals surface area (Å²) in [6, 6.07) is 8.28. The van der Waals surface area contributed by atoms with Crippen molar-refractivity contribution >= 4 is 0 Å². The van der Waals surface area contributed by atoms with Gasteiger partial charge in [0, 0.05) is 6.54 Å². The zero-order valence-electron chi connectivity index (χ0n) is 11.1. The van der Waals surface area contributed by atoms with Gasteiger partial charge in [-0.15, -0.1) is 0 Å². The minimum Gasteiger partial charge on any atom is -0.491 e. The molecule has 1 N–H and O–H groups in total. The van der Waals surface area contributed by atoms with Crippen LogP contribution in [0.1, 0.15) is 32.8 Å². The molecule has 1 aromatic rings. The molecule has 0 aliphatic rings. The van der Waals surface area contributed by atoms with Crippen molar-refractivity contribution in [2.24, 2.45) is 0 Å². The Balaban J connectivity index is 2.30. The molecule has 0 aliphatic heterocycles. The first-order valence-electron chi connectivity index (χ1n) is 6.30. The van der Waals surface area contributed by atoms with Crippen LogP contribution in [-0.2, 0) is 6.54 Å². The van der Waals surface area contributed by atoms with Gasteiger partial charge in [0.2, 0.25) is 0 Å². The van der Waals surface area contributed by atoms with E-state index in [0.29, 0.717) is 0 Å². The highest BCUT2D eigenvalue weighted by molar-refractivity contribution is 5.27. The first kappa shape index (κ1) is 13.8. The van der Waals surface area contributed by atoms with E-state index in [9.17, 15) is 0 Å². The Kier molecular flexibility index (Phi) is 6.41. The van der Waals surface area contributed by atoms with Gasteiger partial charge in [-0.05, 0) is 51.4 Å². The molecule has 94 valence electrons. The number of hydrogen-bond donors (Lipinski definition) is 1. The monoisotopic (exact) mass is 233 g/mol. The zero-order chi connectivity index (χ0) is 12.5. The predicted molar refractivity (Wildman–Crippen MR) is 73.3 cm³/mol. The van der Waals surface area contributed by atoms with Gasteiger partial charge in [0.05, 0.1) is 6.10 Å². The Bertz CT molecular complexity index is 327. The van der Waals surface area contributed by atoms with E-state index in [-0.39, 0.29) is 6.10 Å². The molecule has 17 heavy (non-hydrogen) atoms. The Morgan fingerprint density at radius 1 is 1.24 bits per heavy atom.